The third-order valence-electron chi connectivity index (χ3n) is 12.0. The van der Waals surface area contributed by atoms with Gasteiger partial charge in [0.05, 0.1) is 24.3 Å². The van der Waals surface area contributed by atoms with E-state index in [-0.39, 0.29) is 30.6 Å². The second kappa shape index (κ2) is 22.6. The molecule has 6 rings (SSSR count). The Morgan fingerprint density at radius 1 is 0.536 bits per heavy atom. The van der Waals surface area contributed by atoms with E-state index in [0.717, 1.165) is 34.4 Å². The lowest BCUT2D eigenvalue weighted by Gasteiger charge is -2.24. The van der Waals surface area contributed by atoms with Gasteiger partial charge in [-0.3, -0.25) is 20.2 Å². The number of rotatable bonds is 17. The van der Waals surface area contributed by atoms with Gasteiger partial charge in [-0.15, -0.1) is 0 Å². The van der Waals surface area contributed by atoms with Crippen molar-refractivity contribution in [3.05, 3.63) is 189 Å². The minimum atomic E-state index is -4.60. The molecule has 0 aliphatic carbocycles. The summed E-state index contributed by atoms with van der Waals surface area (Å²) >= 11 is 0. The summed E-state index contributed by atoms with van der Waals surface area (Å²) in [5.41, 5.74) is 2.67. The molecule has 0 saturated carbocycles. The Hall–Kier alpha value is -6.65. The number of hydrogen-bond acceptors (Lipinski definition) is 6. The van der Waals surface area contributed by atoms with E-state index in [4.69, 9.17) is 0 Å². The van der Waals surface area contributed by atoms with Gasteiger partial charge in [0, 0.05) is 18.7 Å². The lowest BCUT2D eigenvalue weighted by molar-refractivity contribution is -0.146. The highest BCUT2D eigenvalue weighted by Gasteiger charge is 2.36. The number of aliphatic hydroxyl groups excluding tert-OH is 2. The Morgan fingerprint density at radius 3 is 1.59 bits per heavy atom. The van der Waals surface area contributed by atoms with Gasteiger partial charge in [0.1, 0.15) is 16.9 Å². The third kappa shape index (κ3) is 13.5. The van der Waals surface area contributed by atoms with E-state index in [2.05, 4.69) is 10.6 Å². The Kier molecular flexibility index (Phi) is 17.5. The number of aliphatic hydroxyl groups is 2. The van der Waals surface area contributed by atoms with Gasteiger partial charge in [0.25, 0.3) is 0 Å². The van der Waals surface area contributed by atoms with Crippen LogP contribution in [0.2, 0.25) is 0 Å². The van der Waals surface area contributed by atoms with Crippen LogP contribution in [-0.4, -0.2) is 56.7 Å². The van der Waals surface area contributed by atoms with E-state index >= 15 is 0 Å². The topological polar surface area (TPSA) is 139 Å². The highest BCUT2D eigenvalue weighted by molar-refractivity contribution is 5.80. The first kappa shape index (κ1) is 53.3. The van der Waals surface area contributed by atoms with Crippen LogP contribution in [0.15, 0.2) is 127 Å². The minimum Gasteiger partial charge on any atom is -0.480 e. The van der Waals surface area contributed by atoms with Gasteiger partial charge in [-0.05, 0) is 126 Å². The van der Waals surface area contributed by atoms with Crippen molar-refractivity contribution in [2.45, 2.75) is 77.1 Å². The van der Waals surface area contributed by atoms with Crippen molar-refractivity contribution < 1.29 is 60.7 Å². The van der Waals surface area contributed by atoms with Crippen LogP contribution in [0.4, 0.5) is 30.7 Å². The normalized spacial score (nSPS) is 13.6. The van der Waals surface area contributed by atoms with Gasteiger partial charge in [0.15, 0.2) is 0 Å². The number of nitrogens with one attached hydrogen (secondary N) is 2. The highest BCUT2D eigenvalue weighted by atomic mass is 19.4. The Bertz CT molecular complexity index is 2780. The maximum absolute atomic E-state index is 14.3. The monoisotopic (exact) mass is 958 g/mol. The molecule has 0 saturated heterocycles. The van der Waals surface area contributed by atoms with Crippen molar-refractivity contribution in [1.82, 2.24) is 10.6 Å². The van der Waals surface area contributed by atoms with Crippen molar-refractivity contribution in [1.29, 1.82) is 0 Å². The summed E-state index contributed by atoms with van der Waals surface area (Å²) < 4.78 is 96.3. The van der Waals surface area contributed by atoms with Crippen LogP contribution >= 0.6 is 0 Å². The SMILES string of the molecule is Cc1c(/C=C/c2cc(CNC(C)(CO)C(=O)O)ccc2C(F)(F)F)cccc1-c1ccccc1F.Cc1c(CCc2cc(CNC(C)(CO)C(=O)O)ccc2C(F)(F)F)cccc1-c1ccccc1. The number of aryl methyl sites for hydroxylation is 2. The third-order valence-corrected chi connectivity index (χ3v) is 12.0. The highest BCUT2D eigenvalue weighted by Crippen LogP contribution is 2.36. The first-order chi connectivity index (χ1) is 32.5. The van der Waals surface area contributed by atoms with Crippen molar-refractivity contribution in [2.24, 2.45) is 0 Å². The van der Waals surface area contributed by atoms with Crippen LogP contribution in [0, 0.1) is 19.7 Å². The fraction of sp³-hybridized carbons (Fsp3) is 0.259. The molecule has 0 heterocycles. The summed E-state index contributed by atoms with van der Waals surface area (Å²) in [4.78, 5) is 22.7. The number of hydrogen-bond donors (Lipinski definition) is 6. The number of benzene rings is 6. The molecule has 8 nitrogen and oxygen atoms in total. The fourth-order valence-electron chi connectivity index (χ4n) is 7.49. The molecule has 6 aromatic rings. The van der Waals surface area contributed by atoms with E-state index in [0.29, 0.717) is 39.8 Å². The molecule has 0 bridgehead atoms. The molecule has 15 heteroatoms. The summed E-state index contributed by atoms with van der Waals surface area (Å²) in [5.74, 6) is -2.92. The van der Waals surface area contributed by atoms with Crippen molar-refractivity contribution in [3.63, 3.8) is 0 Å². The molecule has 0 aliphatic rings. The van der Waals surface area contributed by atoms with Crippen molar-refractivity contribution >= 4 is 24.1 Å². The van der Waals surface area contributed by atoms with E-state index in [1.54, 1.807) is 43.3 Å². The number of halogens is 7. The minimum absolute atomic E-state index is 0.0109. The molecule has 0 aliphatic heterocycles. The van der Waals surface area contributed by atoms with Crippen LogP contribution in [0.1, 0.15) is 69.5 Å². The Labute approximate surface area is 395 Å². The van der Waals surface area contributed by atoms with Crippen LogP contribution in [0.25, 0.3) is 34.4 Å². The second-order valence-electron chi connectivity index (χ2n) is 17.0. The molecule has 0 amide bonds. The van der Waals surface area contributed by atoms with Crippen molar-refractivity contribution in [2.75, 3.05) is 13.2 Å². The summed E-state index contributed by atoms with van der Waals surface area (Å²) in [6.07, 6.45) is -5.62. The molecule has 0 radical (unpaired) electrons. The quantitative estimate of drug-likeness (QED) is 0.0392. The molecule has 364 valence electrons. The zero-order chi connectivity index (χ0) is 50.7. The average molecular weight is 959 g/mol. The Morgan fingerprint density at radius 2 is 1.03 bits per heavy atom. The molecule has 0 spiro atoms. The number of alkyl halides is 6. The van der Waals surface area contributed by atoms with E-state index in [1.165, 1.54) is 56.3 Å². The molecular weight excluding hydrogens is 906 g/mol. The average Bonchev–Trinajstić information content (AvgIpc) is 3.31. The van der Waals surface area contributed by atoms with Crippen LogP contribution < -0.4 is 10.6 Å². The van der Waals surface area contributed by atoms with Gasteiger partial charge in [0.2, 0.25) is 0 Å². The zero-order valence-electron chi connectivity index (χ0n) is 38.3. The standard InChI is InChI=1S/C27H25F4NO3.C27H28F3NO3/c1-17-19(6-5-8-21(17)22-7-3-4-9-24(22)28)11-12-20-14-18(10-13-23(20)27(29,30)31)15-32-26(2,16-33)25(34)35;1-18-20(9-6-10-23(18)21-7-4-3-5-8-21)12-13-22-15-19(11-14-24(22)27(28,29)30)16-31-26(2,17-32)25(33)34/h3-14,32-33H,15-16H2,1-2H3,(H,34,35);3-11,14-15,31-32H,12-13,16-17H2,1-2H3,(H,33,34)/b12-11+;. The molecular formula is C54H53F7N2O6. The zero-order valence-corrected chi connectivity index (χ0v) is 38.3. The van der Waals surface area contributed by atoms with Gasteiger partial charge < -0.3 is 20.4 Å². The number of aliphatic carboxylic acids is 2. The molecule has 69 heavy (non-hydrogen) atoms. The summed E-state index contributed by atoms with van der Waals surface area (Å²) in [6.45, 7) is 4.97. The lowest BCUT2D eigenvalue weighted by Crippen LogP contribution is -2.52. The maximum atomic E-state index is 14.3. The number of carbonyl (C=O) groups is 2. The molecule has 6 aromatic carbocycles. The van der Waals surface area contributed by atoms with Crippen molar-refractivity contribution in [3.8, 4) is 22.3 Å². The summed E-state index contributed by atoms with van der Waals surface area (Å²) in [6, 6.07) is 34.5. The van der Waals surface area contributed by atoms with E-state index < -0.39 is 65.5 Å². The maximum Gasteiger partial charge on any atom is 0.416 e. The van der Waals surface area contributed by atoms with Gasteiger partial charge >= 0.3 is 24.3 Å². The molecule has 6 N–H and O–H groups in total. The number of carboxylic acid groups (broad SMARTS) is 2. The molecule has 0 fully saturated rings. The summed E-state index contributed by atoms with van der Waals surface area (Å²) in [7, 11) is 0. The first-order valence-corrected chi connectivity index (χ1v) is 21.8. The smallest absolute Gasteiger partial charge is 0.416 e. The predicted molar refractivity (Wildman–Crippen MR) is 252 cm³/mol. The van der Waals surface area contributed by atoms with Gasteiger partial charge in [-0.2, -0.15) is 26.3 Å². The van der Waals surface area contributed by atoms with Crippen LogP contribution in [-0.2, 0) is 47.9 Å². The van der Waals surface area contributed by atoms with Crippen LogP contribution in [0.3, 0.4) is 0 Å². The fourth-order valence-corrected chi connectivity index (χ4v) is 7.49. The first-order valence-electron chi connectivity index (χ1n) is 21.8. The van der Waals surface area contributed by atoms with E-state index in [1.807, 2.05) is 55.5 Å². The molecule has 2 atom stereocenters. The molecule has 2 unspecified atom stereocenters. The van der Waals surface area contributed by atoms with E-state index in [9.17, 15) is 60.7 Å². The molecule has 0 aromatic heterocycles. The lowest BCUT2D eigenvalue weighted by atomic mass is 9.91. The van der Waals surface area contributed by atoms with Gasteiger partial charge in [-0.25, -0.2) is 4.39 Å². The van der Waals surface area contributed by atoms with Crippen LogP contribution in [0.5, 0.6) is 0 Å². The predicted octanol–water partition coefficient (Wildman–Crippen LogP) is 11.3. The second-order valence-corrected chi connectivity index (χ2v) is 17.0. The Balaban J connectivity index is 0.000000258. The summed E-state index contributed by atoms with van der Waals surface area (Å²) in [5, 5.41) is 42.7. The van der Waals surface area contributed by atoms with Gasteiger partial charge in [-0.1, -0.05) is 115 Å². The largest absolute Gasteiger partial charge is 0.480 e. The number of carboxylic acids is 2.